The van der Waals surface area contributed by atoms with Gasteiger partial charge in [0, 0.05) is 31.3 Å². The maximum absolute atomic E-state index is 14.4. The Bertz CT molecular complexity index is 1280. The van der Waals surface area contributed by atoms with Crippen LogP contribution in [-0.4, -0.2) is 70.3 Å². The molecule has 10 nitrogen and oxygen atoms in total. The van der Waals surface area contributed by atoms with Gasteiger partial charge in [-0.15, -0.1) is 6.58 Å². The van der Waals surface area contributed by atoms with Crippen molar-refractivity contribution in [2.75, 3.05) is 24.7 Å². The van der Waals surface area contributed by atoms with Gasteiger partial charge in [-0.2, -0.15) is 0 Å². The van der Waals surface area contributed by atoms with Gasteiger partial charge in [-0.05, 0) is 80.7 Å². The molecular weight excluding hydrogens is 582 g/mol. The number of aromatic nitrogens is 2. The predicted octanol–water partition coefficient (Wildman–Crippen LogP) is 4.63. The summed E-state index contributed by atoms with van der Waals surface area (Å²) < 4.78 is 5.74. The summed E-state index contributed by atoms with van der Waals surface area (Å²) in [5.74, 6) is -0.760. The molecule has 0 aromatic carbocycles. The maximum atomic E-state index is 14.4. The number of anilines is 1. The number of esters is 1. The molecule has 4 aliphatic rings. The molecule has 11 heteroatoms. The van der Waals surface area contributed by atoms with Crippen molar-refractivity contribution in [3.63, 3.8) is 0 Å². The molecule has 1 aliphatic heterocycles. The van der Waals surface area contributed by atoms with Crippen LogP contribution in [-0.2, 0) is 23.9 Å². The first-order valence-electron chi connectivity index (χ1n) is 16.0. The van der Waals surface area contributed by atoms with Gasteiger partial charge in [0.1, 0.15) is 18.0 Å². The van der Waals surface area contributed by atoms with Crippen molar-refractivity contribution in [2.24, 2.45) is 28.6 Å². The smallest absolute Gasteiger partial charge is 0.306 e. The molecule has 1 aromatic heterocycles. The Balaban J connectivity index is 1.39. The lowest BCUT2D eigenvalue weighted by atomic mass is 9.77. The van der Waals surface area contributed by atoms with E-state index >= 15 is 0 Å². The molecular formula is C33H46ClN5O5. The molecule has 3 aliphatic carbocycles. The lowest BCUT2D eigenvalue weighted by Crippen LogP contribution is -2.49. The highest BCUT2D eigenvalue weighted by atomic mass is 35.5. The van der Waals surface area contributed by atoms with Gasteiger partial charge in [0.15, 0.2) is 5.78 Å². The minimum atomic E-state index is -0.848. The second kappa shape index (κ2) is 12.8. The van der Waals surface area contributed by atoms with E-state index in [1.165, 1.54) is 0 Å². The SMILES string of the molecule is C=C[C@@H]1C[C@]1(CC(=O)[C@@H]1CN(c2cc(C)nc(Cl)n2)CN1C(=O)[C@@H](CC(=O)OC1CCCC1)C(C)(C)C)C(=O)NCC1CC1. The Labute approximate surface area is 265 Å². The molecule has 0 spiro atoms. The third-order valence-electron chi connectivity index (χ3n) is 9.81. The number of carbonyl (C=O) groups excluding carboxylic acids is 4. The standard InChI is InChI=1S/C33H46ClN5O5/c1-6-22-15-33(22,30(43)35-17-21-11-12-21)16-26(40)25-18-38(27-13-20(2)36-31(34)37-27)19-39(25)29(42)24(32(3,4)5)14-28(41)44-23-9-7-8-10-23/h6,13,21-25H,1,7-12,14-19H2,2-5H3,(H,35,43)/t22-,24-,25+,33-/m1/s1. The number of allylic oxidation sites excluding steroid dienone is 1. The van der Waals surface area contributed by atoms with Gasteiger partial charge >= 0.3 is 5.97 Å². The fourth-order valence-corrected chi connectivity index (χ4v) is 6.93. The summed E-state index contributed by atoms with van der Waals surface area (Å²) in [5, 5.41) is 3.14. The highest BCUT2D eigenvalue weighted by Crippen LogP contribution is 2.56. The monoisotopic (exact) mass is 627 g/mol. The summed E-state index contributed by atoms with van der Waals surface area (Å²) >= 11 is 6.18. The van der Waals surface area contributed by atoms with E-state index in [1.807, 2.05) is 25.7 Å². The average Bonchev–Trinajstić information content (AvgIpc) is 3.79. The molecule has 3 saturated carbocycles. The molecule has 0 radical (unpaired) electrons. The molecule has 4 fully saturated rings. The van der Waals surface area contributed by atoms with Gasteiger partial charge in [-0.25, -0.2) is 9.97 Å². The van der Waals surface area contributed by atoms with Gasteiger partial charge in [-0.3, -0.25) is 19.2 Å². The van der Waals surface area contributed by atoms with Crippen LogP contribution in [0.4, 0.5) is 5.82 Å². The number of hydrogen-bond donors (Lipinski definition) is 1. The van der Waals surface area contributed by atoms with Crippen LogP contribution in [0.15, 0.2) is 18.7 Å². The number of halogens is 1. The second-order valence-corrected chi connectivity index (χ2v) is 14.7. The molecule has 0 bridgehead atoms. The number of ether oxygens (including phenoxy) is 1. The molecule has 2 amide bonds. The first kappa shape index (κ1) is 32.4. The minimum Gasteiger partial charge on any atom is -0.462 e. The average molecular weight is 628 g/mol. The number of nitrogens with one attached hydrogen (secondary N) is 1. The number of rotatable bonds is 12. The van der Waals surface area contributed by atoms with Crippen LogP contribution < -0.4 is 10.2 Å². The van der Waals surface area contributed by atoms with Crippen molar-refractivity contribution < 1.29 is 23.9 Å². The van der Waals surface area contributed by atoms with E-state index in [0.717, 1.165) is 38.5 Å². The van der Waals surface area contributed by atoms with Crippen LogP contribution in [0.3, 0.4) is 0 Å². The van der Waals surface area contributed by atoms with Crippen LogP contribution in [0.5, 0.6) is 0 Å². The minimum absolute atomic E-state index is 0.00986. The largest absolute Gasteiger partial charge is 0.462 e. The summed E-state index contributed by atoms with van der Waals surface area (Å²) in [7, 11) is 0. The molecule has 2 heterocycles. The number of carbonyl (C=O) groups is 4. The van der Waals surface area contributed by atoms with Crippen LogP contribution in [0.25, 0.3) is 0 Å². The number of amides is 2. The van der Waals surface area contributed by atoms with Gasteiger partial charge < -0.3 is 19.9 Å². The van der Waals surface area contributed by atoms with Crippen LogP contribution in [0.1, 0.15) is 84.3 Å². The number of ketones is 1. The predicted molar refractivity (Wildman–Crippen MR) is 167 cm³/mol. The Morgan fingerprint density at radius 2 is 1.89 bits per heavy atom. The molecule has 240 valence electrons. The number of Topliss-reactive ketones (excluding diaryl/α,β-unsaturated/α-hetero) is 1. The van der Waals surface area contributed by atoms with E-state index in [2.05, 4.69) is 21.9 Å². The van der Waals surface area contributed by atoms with E-state index in [1.54, 1.807) is 24.0 Å². The Morgan fingerprint density at radius 1 is 1.18 bits per heavy atom. The first-order valence-corrected chi connectivity index (χ1v) is 16.4. The Kier molecular flexibility index (Phi) is 9.40. The summed E-state index contributed by atoms with van der Waals surface area (Å²) in [6, 6.07) is 0.940. The quantitative estimate of drug-likeness (QED) is 0.202. The molecule has 4 atom stereocenters. The van der Waals surface area contributed by atoms with Crippen molar-refractivity contribution in [1.29, 1.82) is 0 Å². The normalized spacial score (nSPS) is 25.9. The number of hydrogen-bond acceptors (Lipinski definition) is 8. The molecule has 0 unspecified atom stereocenters. The van der Waals surface area contributed by atoms with Gasteiger partial charge in [0.05, 0.1) is 24.4 Å². The zero-order chi connectivity index (χ0) is 31.8. The third kappa shape index (κ3) is 7.27. The second-order valence-electron chi connectivity index (χ2n) is 14.3. The summed E-state index contributed by atoms with van der Waals surface area (Å²) in [4.78, 5) is 66.9. The van der Waals surface area contributed by atoms with E-state index in [4.69, 9.17) is 16.3 Å². The molecule has 44 heavy (non-hydrogen) atoms. The van der Waals surface area contributed by atoms with Crippen LogP contribution in [0, 0.1) is 35.5 Å². The van der Waals surface area contributed by atoms with Crippen molar-refractivity contribution in [3.05, 3.63) is 29.7 Å². The summed E-state index contributed by atoms with van der Waals surface area (Å²) in [6.45, 7) is 12.4. The van der Waals surface area contributed by atoms with Gasteiger partial charge in [0.2, 0.25) is 17.1 Å². The van der Waals surface area contributed by atoms with Crippen LogP contribution in [0.2, 0.25) is 5.28 Å². The highest BCUT2D eigenvalue weighted by Gasteiger charge is 2.60. The van der Waals surface area contributed by atoms with Gasteiger partial charge in [-0.1, -0.05) is 26.8 Å². The maximum Gasteiger partial charge on any atom is 0.306 e. The van der Waals surface area contributed by atoms with E-state index in [9.17, 15) is 19.2 Å². The van der Waals surface area contributed by atoms with Gasteiger partial charge in [0.25, 0.3) is 0 Å². The topological polar surface area (TPSA) is 122 Å². The fraction of sp³-hybridized carbons (Fsp3) is 0.697. The highest BCUT2D eigenvalue weighted by molar-refractivity contribution is 6.28. The lowest BCUT2D eigenvalue weighted by Gasteiger charge is -2.34. The van der Waals surface area contributed by atoms with Crippen molar-refractivity contribution in [3.8, 4) is 0 Å². The number of nitrogens with zero attached hydrogens (tertiary/aromatic N) is 4. The zero-order valence-corrected chi connectivity index (χ0v) is 27.2. The fourth-order valence-electron chi connectivity index (χ4n) is 6.71. The first-order chi connectivity index (χ1) is 20.8. The Morgan fingerprint density at radius 3 is 2.48 bits per heavy atom. The van der Waals surface area contributed by atoms with E-state index < -0.39 is 22.8 Å². The number of aryl methyl sites for hydroxylation is 1. The van der Waals surface area contributed by atoms with E-state index in [-0.39, 0.29) is 66.9 Å². The molecule has 1 N–H and O–H groups in total. The molecule has 1 aromatic rings. The third-order valence-corrected chi connectivity index (χ3v) is 9.98. The van der Waals surface area contributed by atoms with Crippen molar-refractivity contribution >= 4 is 41.0 Å². The van der Waals surface area contributed by atoms with Crippen LogP contribution >= 0.6 is 11.6 Å². The summed E-state index contributed by atoms with van der Waals surface area (Å²) in [5.41, 5.74) is -0.761. The van der Waals surface area contributed by atoms with Crippen molar-refractivity contribution in [2.45, 2.75) is 97.6 Å². The molecule has 5 rings (SSSR count). The Hall–Kier alpha value is -3.01. The molecule has 1 saturated heterocycles. The lowest BCUT2D eigenvalue weighted by molar-refractivity contribution is -0.156. The zero-order valence-electron chi connectivity index (χ0n) is 26.4. The van der Waals surface area contributed by atoms with Crippen molar-refractivity contribution in [1.82, 2.24) is 20.2 Å². The van der Waals surface area contributed by atoms with E-state index in [0.29, 0.717) is 30.4 Å². The summed E-state index contributed by atoms with van der Waals surface area (Å²) in [6.07, 6.45) is 8.14.